The van der Waals surface area contributed by atoms with Gasteiger partial charge in [0.25, 0.3) is 5.91 Å². The van der Waals surface area contributed by atoms with Crippen molar-refractivity contribution in [3.63, 3.8) is 0 Å². The molecule has 2 heterocycles. The van der Waals surface area contributed by atoms with E-state index in [-0.39, 0.29) is 28.3 Å². The number of nitrogens with one attached hydrogen (secondary N) is 1. The quantitative estimate of drug-likeness (QED) is 0.486. The highest BCUT2D eigenvalue weighted by molar-refractivity contribution is 6.06. The van der Waals surface area contributed by atoms with Crippen molar-refractivity contribution in [1.29, 1.82) is 0 Å². The number of aromatic hydroxyl groups is 1. The van der Waals surface area contributed by atoms with Crippen LogP contribution in [0.1, 0.15) is 66.9 Å². The van der Waals surface area contributed by atoms with E-state index < -0.39 is 0 Å². The van der Waals surface area contributed by atoms with Gasteiger partial charge in [0.15, 0.2) is 0 Å². The van der Waals surface area contributed by atoms with Crippen molar-refractivity contribution in [3.8, 4) is 5.75 Å². The molecule has 1 aromatic heterocycles. The Labute approximate surface area is 235 Å². The van der Waals surface area contributed by atoms with Gasteiger partial charge in [-0.05, 0) is 104 Å². The minimum Gasteiger partial charge on any atom is -0.508 e. The summed E-state index contributed by atoms with van der Waals surface area (Å²) in [4.78, 5) is 34.5. The molecule has 6 heteroatoms. The third-order valence-corrected chi connectivity index (χ3v) is 11.9. The Kier molecular flexibility index (Phi) is 5.21. The number of para-hydroxylation sites is 1. The molecular weight excluding hydrogens is 498 g/mol. The van der Waals surface area contributed by atoms with Crippen molar-refractivity contribution >= 4 is 16.8 Å². The molecule has 0 radical (unpaired) electrons. The number of fused-ring (bicyclic) bond motifs is 2. The molecule has 208 valence electrons. The van der Waals surface area contributed by atoms with Crippen LogP contribution in [0.25, 0.3) is 10.9 Å². The predicted molar refractivity (Wildman–Crippen MR) is 156 cm³/mol. The lowest BCUT2D eigenvalue weighted by Gasteiger charge is -2.67. The van der Waals surface area contributed by atoms with Crippen molar-refractivity contribution in [2.24, 2.45) is 23.2 Å². The van der Waals surface area contributed by atoms with Gasteiger partial charge in [-0.2, -0.15) is 0 Å². The Hall–Kier alpha value is -3.12. The number of carbonyl (C=O) groups is 1. The maximum Gasteiger partial charge on any atom is 0.254 e. The molecule has 8 rings (SSSR count). The van der Waals surface area contributed by atoms with E-state index in [1.165, 1.54) is 43.0 Å². The van der Waals surface area contributed by atoms with Crippen LogP contribution in [0, 0.1) is 23.2 Å². The van der Waals surface area contributed by atoms with Crippen molar-refractivity contribution in [1.82, 2.24) is 14.8 Å². The first-order valence-electron chi connectivity index (χ1n) is 15.3. The van der Waals surface area contributed by atoms with Crippen molar-refractivity contribution in [2.45, 2.75) is 69.4 Å². The van der Waals surface area contributed by atoms with E-state index in [2.05, 4.69) is 28.9 Å². The monoisotopic (exact) mass is 537 g/mol. The van der Waals surface area contributed by atoms with Gasteiger partial charge in [0.2, 0.25) is 5.56 Å². The molecule has 4 bridgehead atoms. The summed E-state index contributed by atoms with van der Waals surface area (Å²) in [6.07, 6.45) is 8.18. The van der Waals surface area contributed by atoms with Crippen LogP contribution in [-0.4, -0.2) is 58.0 Å². The number of hydrogen-bond acceptors (Lipinski definition) is 4. The molecule has 4 fully saturated rings. The van der Waals surface area contributed by atoms with Crippen LogP contribution in [0.3, 0.4) is 0 Å². The highest BCUT2D eigenvalue weighted by Gasteiger charge is 2.73. The summed E-state index contributed by atoms with van der Waals surface area (Å²) >= 11 is 0. The van der Waals surface area contributed by atoms with Gasteiger partial charge in [-0.1, -0.05) is 31.2 Å². The molecule has 5 aliphatic rings. The summed E-state index contributed by atoms with van der Waals surface area (Å²) in [6, 6.07) is 15.8. The Morgan fingerprint density at radius 3 is 2.77 bits per heavy atom. The Bertz CT molecular complexity index is 1590. The number of phenols is 1. The first kappa shape index (κ1) is 24.7. The molecule has 0 spiro atoms. The van der Waals surface area contributed by atoms with E-state index in [1.807, 2.05) is 42.3 Å². The van der Waals surface area contributed by atoms with Gasteiger partial charge in [0.1, 0.15) is 5.75 Å². The zero-order valence-corrected chi connectivity index (χ0v) is 23.5. The zero-order chi connectivity index (χ0) is 27.4. The predicted octanol–water partition coefficient (Wildman–Crippen LogP) is 5.09. The number of H-pyrrole nitrogens is 1. The van der Waals surface area contributed by atoms with Crippen molar-refractivity contribution in [2.75, 3.05) is 20.1 Å². The number of aromatic amines is 1. The SMILES string of the molecule is C[C@H]1CC23CCC(N(C)C(=O)c4cc(=O)[nH]c5ccccc45)C1C21CCN(CC2CC2)C3Cc2ccc(O)cc21. The van der Waals surface area contributed by atoms with E-state index in [4.69, 9.17) is 0 Å². The fraction of sp³-hybridized carbons (Fsp3) is 0.529. The fourth-order valence-electron chi connectivity index (χ4n) is 10.4. The van der Waals surface area contributed by atoms with Crippen molar-refractivity contribution in [3.05, 3.63) is 75.6 Å². The highest BCUT2D eigenvalue weighted by Crippen LogP contribution is 2.74. The second-order valence-electron chi connectivity index (χ2n) is 13.7. The minimum absolute atomic E-state index is 0.0445. The normalized spacial score (nSPS) is 34.4. The van der Waals surface area contributed by atoms with Gasteiger partial charge in [-0.15, -0.1) is 0 Å². The number of rotatable bonds is 4. The van der Waals surface area contributed by atoms with E-state index in [0.717, 1.165) is 43.5 Å². The van der Waals surface area contributed by atoms with Crippen LogP contribution in [-0.2, 0) is 11.8 Å². The average molecular weight is 538 g/mol. The molecule has 2 N–H and O–H groups in total. The number of amides is 1. The number of benzene rings is 2. The van der Waals surface area contributed by atoms with Crippen LogP contribution >= 0.6 is 0 Å². The minimum atomic E-state index is -0.242. The van der Waals surface area contributed by atoms with Gasteiger partial charge >= 0.3 is 0 Å². The molecule has 40 heavy (non-hydrogen) atoms. The lowest BCUT2D eigenvalue weighted by Crippen LogP contribution is -2.70. The maximum atomic E-state index is 14.2. The third-order valence-electron chi connectivity index (χ3n) is 11.9. The smallest absolute Gasteiger partial charge is 0.254 e. The molecule has 6 nitrogen and oxygen atoms in total. The molecule has 1 aliphatic heterocycles. The number of likely N-dealkylation sites (tertiary alicyclic amines) is 1. The van der Waals surface area contributed by atoms with E-state index in [0.29, 0.717) is 34.7 Å². The molecule has 3 saturated carbocycles. The lowest BCUT2D eigenvalue weighted by molar-refractivity contribution is -0.104. The summed E-state index contributed by atoms with van der Waals surface area (Å²) in [5, 5.41) is 11.5. The lowest BCUT2D eigenvalue weighted by atomic mass is 9.43. The Balaban J connectivity index is 1.24. The summed E-state index contributed by atoms with van der Waals surface area (Å²) in [7, 11) is 1.96. The van der Waals surface area contributed by atoms with Crippen LogP contribution in [0.2, 0.25) is 0 Å². The molecule has 1 amide bonds. The number of nitrogens with zero attached hydrogens (tertiary/aromatic N) is 2. The maximum absolute atomic E-state index is 14.2. The third kappa shape index (κ3) is 3.20. The summed E-state index contributed by atoms with van der Waals surface area (Å²) in [6.45, 7) is 4.75. The Morgan fingerprint density at radius 2 is 1.95 bits per heavy atom. The molecular formula is C34H39N3O3. The number of piperidine rings is 1. The van der Waals surface area contributed by atoms with Crippen LogP contribution in [0.4, 0.5) is 0 Å². The summed E-state index contributed by atoms with van der Waals surface area (Å²) < 4.78 is 0. The summed E-state index contributed by atoms with van der Waals surface area (Å²) in [5.41, 5.74) is 3.84. The van der Waals surface area contributed by atoms with Gasteiger partial charge < -0.3 is 15.0 Å². The van der Waals surface area contributed by atoms with Crippen LogP contribution < -0.4 is 5.56 Å². The molecule has 6 atom stereocenters. The number of pyridine rings is 1. The van der Waals surface area contributed by atoms with Crippen molar-refractivity contribution < 1.29 is 9.90 Å². The summed E-state index contributed by atoms with van der Waals surface area (Å²) in [5.74, 6) is 1.94. The number of carbonyl (C=O) groups excluding carboxylic acids is 1. The average Bonchev–Trinajstić information content (AvgIpc) is 3.74. The topological polar surface area (TPSA) is 76.6 Å². The Morgan fingerprint density at radius 1 is 1.12 bits per heavy atom. The largest absolute Gasteiger partial charge is 0.508 e. The first-order valence-corrected chi connectivity index (χ1v) is 15.3. The second kappa shape index (κ2) is 8.45. The van der Waals surface area contributed by atoms with Gasteiger partial charge in [-0.3, -0.25) is 14.5 Å². The van der Waals surface area contributed by atoms with E-state index >= 15 is 0 Å². The fourth-order valence-corrected chi connectivity index (χ4v) is 10.4. The molecule has 4 aliphatic carbocycles. The number of phenolic OH excluding ortho intramolecular Hbond substituents is 1. The van der Waals surface area contributed by atoms with Gasteiger partial charge in [0, 0.05) is 48.1 Å². The number of aromatic nitrogens is 1. The molecule has 5 unspecified atom stereocenters. The zero-order valence-electron chi connectivity index (χ0n) is 23.5. The standard InChI is InChI=1S/C34H39N3O3/c1-20-18-33-12-11-28(36(2)32(40)25-17-30(39)35-27-6-4-3-5-24(25)27)31(20)34(33)13-14-37(19-21-7-8-21)29(33)15-22-9-10-23(38)16-26(22)34/h3-6,9-10,16-17,20-21,28-29,31,38H,7-8,11-15,18-19H2,1-2H3,(H,35,39)/t20-,28?,29?,31?,33?,34?/m0/s1. The molecule has 2 aromatic carbocycles. The van der Waals surface area contributed by atoms with Gasteiger partial charge in [0.05, 0.1) is 5.56 Å². The van der Waals surface area contributed by atoms with Gasteiger partial charge in [-0.25, -0.2) is 0 Å². The van der Waals surface area contributed by atoms with Crippen LogP contribution in [0.15, 0.2) is 53.3 Å². The highest BCUT2D eigenvalue weighted by atomic mass is 16.3. The first-order chi connectivity index (χ1) is 19.3. The van der Waals surface area contributed by atoms with E-state index in [9.17, 15) is 14.7 Å². The second-order valence-corrected chi connectivity index (χ2v) is 13.7. The molecule has 3 aromatic rings. The number of hydrogen-bond donors (Lipinski definition) is 2. The van der Waals surface area contributed by atoms with Crippen LogP contribution in [0.5, 0.6) is 5.75 Å². The molecule has 1 saturated heterocycles. The van der Waals surface area contributed by atoms with E-state index in [1.54, 1.807) is 0 Å².